The van der Waals surface area contributed by atoms with Gasteiger partial charge in [0.25, 0.3) is 0 Å². The molecule has 1 saturated heterocycles. The first-order valence-corrected chi connectivity index (χ1v) is 14.6. The second-order valence-electron chi connectivity index (χ2n) is 12.4. The third-order valence-electron chi connectivity index (χ3n) is 6.57. The van der Waals surface area contributed by atoms with E-state index in [1.807, 2.05) is 41.5 Å². The molecule has 1 unspecified atom stereocenters. The minimum Gasteiger partial charge on any atom is -0.477 e. The molecule has 1 atom stereocenters. The van der Waals surface area contributed by atoms with Gasteiger partial charge in [-0.25, -0.2) is 14.4 Å². The maximum atomic E-state index is 12.6. The lowest BCUT2D eigenvalue weighted by molar-refractivity contribution is -0.108. The number of amides is 3. The van der Waals surface area contributed by atoms with Crippen molar-refractivity contribution in [3.05, 3.63) is 15.8 Å². The van der Waals surface area contributed by atoms with Gasteiger partial charge in [0, 0.05) is 24.0 Å². The Kier molecular flexibility index (Phi) is 10.1. The molecule has 3 amide bonds. The second kappa shape index (κ2) is 12.9. The van der Waals surface area contributed by atoms with Crippen molar-refractivity contribution in [1.29, 1.82) is 0 Å². The van der Waals surface area contributed by atoms with Crippen molar-refractivity contribution < 1.29 is 33.8 Å². The predicted molar refractivity (Wildman–Crippen MR) is 153 cm³/mol. The smallest absolute Gasteiger partial charge is 0.410 e. The number of rotatable bonds is 6. The van der Waals surface area contributed by atoms with Crippen LogP contribution < -0.4 is 10.2 Å². The van der Waals surface area contributed by atoms with Crippen LogP contribution >= 0.6 is 11.3 Å². The Morgan fingerprint density at radius 2 is 1.80 bits per heavy atom. The molecule has 2 fully saturated rings. The number of carbonyl (C=O) groups excluding carboxylic acids is 3. The van der Waals surface area contributed by atoms with Crippen molar-refractivity contribution in [2.24, 2.45) is 5.41 Å². The fourth-order valence-electron chi connectivity index (χ4n) is 4.75. The Balaban J connectivity index is 1.55. The van der Waals surface area contributed by atoms with Gasteiger partial charge in [-0.1, -0.05) is 11.8 Å². The molecule has 3 rings (SSSR count). The number of carbonyl (C=O) groups is 4. The minimum atomic E-state index is -1.10. The van der Waals surface area contributed by atoms with Crippen molar-refractivity contribution in [1.82, 2.24) is 10.2 Å². The molecule has 11 heteroatoms. The van der Waals surface area contributed by atoms with E-state index in [1.54, 1.807) is 11.0 Å². The van der Waals surface area contributed by atoms with Crippen LogP contribution in [0.1, 0.15) is 94.6 Å². The highest BCUT2D eigenvalue weighted by Gasteiger charge is 2.32. The molecule has 10 nitrogen and oxygen atoms in total. The first-order valence-electron chi connectivity index (χ1n) is 13.7. The molecule has 1 aromatic rings. The van der Waals surface area contributed by atoms with E-state index in [1.165, 1.54) is 4.90 Å². The number of hydrogen-bond donors (Lipinski definition) is 2. The third-order valence-corrected chi connectivity index (χ3v) is 7.60. The summed E-state index contributed by atoms with van der Waals surface area (Å²) in [5.41, 5.74) is -0.478. The van der Waals surface area contributed by atoms with Gasteiger partial charge in [0.15, 0.2) is 0 Å². The quantitative estimate of drug-likeness (QED) is 0.351. The molecule has 0 bridgehead atoms. The highest BCUT2D eigenvalue weighted by molar-refractivity contribution is 7.15. The highest BCUT2D eigenvalue weighted by atomic mass is 32.1. The Morgan fingerprint density at radius 3 is 2.38 bits per heavy atom. The lowest BCUT2D eigenvalue weighted by Crippen LogP contribution is -2.48. The molecule has 1 saturated carbocycles. The van der Waals surface area contributed by atoms with E-state index in [-0.39, 0.29) is 28.9 Å². The van der Waals surface area contributed by atoms with Gasteiger partial charge < -0.3 is 29.7 Å². The molecule has 220 valence electrons. The molecule has 1 aromatic heterocycles. The zero-order valence-electron chi connectivity index (χ0n) is 24.2. The van der Waals surface area contributed by atoms with Crippen LogP contribution in [0.15, 0.2) is 6.07 Å². The standard InChI is InChI=1S/C29H41N3O7S/c1-28(2,3)14-13-22-16-23(24(40-22)25(34)35)32(18-33)20-11-9-19(10-12-20)30-26(36)38-21-8-7-15-31(17-21)27(37)39-29(4,5)6/h16,18-21H,7-12,15,17H2,1-6H3,(H,30,36)(H,34,35). The number of hydrogen-bond acceptors (Lipinski definition) is 7. The molecule has 0 aromatic carbocycles. The van der Waals surface area contributed by atoms with Crippen molar-refractivity contribution in [3.8, 4) is 11.8 Å². The fraction of sp³-hybridized carbons (Fsp3) is 0.655. The van der Waals surface area contributed by atoms with Gasteiger partial charge >= 0.3 is 18.2 Å². The van der Waals surface area contributed by atoms with Crippen LogP contribution in [0.2, 0.25) is 0 Å². The summed E-state index contributed by atoms with van der Waals surface area (Å²) in [6, 6.07) is 1.36. The van der Waals surface area contributed by atoms with Gasteiger partial charge in [-0.15, -0.1) is 11.3 Å². The van der Waals surface area contributed by atoms with Crippen LogP contribution in [0.4, 0.5) is 15.3 Å². The monoisotopic (exact) mass is 575 g/mol. The van der Waals surface area contributed by atoms with Gasteiger partial charge in [-0.05, 0) is 86.1 Å². The number of likely N-dealkylation sites (tertiary alicyclic amines) is 1. The summed E-state index contributed by atoms with van der Waals surface area (Å²) in [4.78, 5) is 52.8. The van der Waals surface area contributed by atoms with Crippen LogP contribution in [0, 0.1) is 17.3 Å². The van der Waals surface area contributed by atoms with E-state index in [2.05, 4.69) is 17.2 Å². The van der Waals surface area contributed by atoms with E-state index < -0.39 is 29.9 Å². The molecule has 1 aliphatic heterocycles. The summed E-state index contributed by atoms with van der Waals surface area (Å²) in [5, 5.41) is 12.7. The summed E-state index contributed by atoms with van der Waals surface area (Å²) < 4.78 is 11.1. The van der Waals surface area contributed by atoms with Crippen LogP contribution in [-0.2, 0) is 14.3 Å². The Hall–Kier alpha value is -3.26. The van der Waals surface area contributed by atoms with Crippen molar-refractivity contribution in [3.63, 3.8) is 0 Å². The summed E-state index contributed by atoms with van der Waals surface area (Å²) in [7, 11) is 0. The van der Waals surface area contributed by atoms with E-state index in [0.717, 1.165) is 11.3 Å². The SMILES string of the molecule is CC(C)(C)C#Cc1cc(N(C=O)C2CCC(NC(=O)OC3CCCN(C(=O)OC(C)(C)C)C3)CC2)c(C(=O)O)s1. The first kappa shape index (κ1) is 31.3. The molecule has 2 heterocycles. The number of ether oxygens (including phenoxy) is 2. The average molecular weight is 576 g/mol. The molecule has 40 heavy (non-hydrogen) atoms. The Labute approximate surface area is 240 Å². The molecule has 1 aliphatic carbocycles. The summed E-state index contributed by atoms with van der Waals surface area (Å²) in [6.07, 6.45) is 3.13. The van der Waals surface area contributed by atoms with Crippen molar-refractivity contribution in [2.45, 2.75) is 104 Å². The molecule has 0 radical (unpaired) electrons. The van der Waals surface area contributed by atoms with E-state index in [4.69, 9.17) is 9.47 Å². The van der Waals surface area contributed by atoms with Crippen LogP contribution in [0.3, 0.4) is 0 Å². The molecular weight excluding hydrogens is 534 g/mol. The number of thiophene rings is 1. The fourth-order valence-corrected chi connectivity index (χ4v) is 5.60. The Morgan fingerprint density at radius 1 is 1.12 bits per heavy atom. The number of carboxylic acids is 1. The van der Waals surface area contributed by atoms with Gasteiger partial charge in [0.1, 0.15) is 16.6 Å². The maximum absolute atomic E-state index is 12.6. The maximum Gasteiger partial charge on any atom is 0.410 e. The minimum absolute atomic E-state index is 0.0852. The lowest BCUT2D eigenvalue weighted by Gasteiger charge is -2.36. The lowest BCUT2D eigenvalue weighted by atomic mass is 9.90. The van der Waals surface area contributed by atoms with Crippen LogP contribution in [0.25, 0.3) is 0 Å². The average Bonchev–Trinajstić information content (AvgIpc) is 3.27. The number of piperidine rings is 1. The number of aromatic carboxylic acids is 1. The molecule has 2 aliphatic rings. The van der Waals surface area contributed by atoms with Crippen LogP contribution in [-0.4, -0.2) is 71.5 Å². The number of anilines is 1. The zero-order chi connectivity index (χ0) is 29.7. The third kappa shape index (κ3) is 9.15. The number of nitrogens with one attached hydrogen (secondary N) is 1. The van der Waals surface area contributed by atoms with E-state index in [9.17, 15) is 24.3 Å². The van der Waals surface area contributed by atoms with Crippen LogP contribution in [0.5, 0.6) is 0 Å². The van der Waals surface area contributed by atoms with Gasteiger partial charge in [0.05, 0.1) is 17.1 Å². The van der Waals surface area contributed by atoms with Crippen molar-refractivity contribution >= 4 is 41.6 Å². The summed E-state index contributed by atoms with van der Waals surface area (Å²) in [5.74, 6) is 5.05. The molecular formula is C29H41N3O7S. The van der Waals surface area contributed by atoms with Gasteiger partial charge in [0.2, 0.25) is 6.41 Å². The number of alkyl carbamates (subject to hydrolysis) is 1. The summed E-state index contributed by atoms with van der Waals surface area (Å²) >= 11 is 1.07. The zero-order valence-corrected chi connectivity index (χ0v) is 25.1. The molecule has 0 spiro atoms. The normalized spacial score (nSPS) is 21.4. The van der Waals surface area contributed by atoms with Gasteiger partial charge in [-0.3, -0.25) is 4.79 Å². The first-order chi connectivity index (χ1) is 18.6. The highest BCUT2D eigenvalue weighted by Crippen LogP contribution is 2.34. The largest absolute Gasteiger partial charge is 0.477 e. The predicted octanol–water partition coefficient (Wildman–Crippen LogP) is 5.24. The Bertz CT molecular complexity index is 1150. The van der Waals surface area contributed by atoms with Gasteiger partial charge in [-0.2, -0.15) is 0 Å². The number of nitrogens with zero attached hydrogens (tertiary/aromatic N) is 2. The topological polar surface area (TPSA) is 125 Å². The van der Waals surface area contributed by atoms with E-state index >= 15 is 0 Å². The number of carboxylic acid groups (broad SMARTS) is 1. The van der Waals surface area contributed by atoms with Crippen molar-refractivity contribution in [2.75, 3.05) is 18.0 Å². The summed E-state index contributed by atoms with van der Waals surface area (Å²) in [6.45, 7) is 12.2. The molecule has 2 N–H and O–H groups in total. The van der Waals surface area contributed by atoms with E-state index in [0.29, 0.717) is 62.0 Å². The second-order valence-corrected chi connectivity index (χ2v) is 13.4.